The number of carboxylic acid groups (broad SMARTS) is 1. The number of hydrogen-bond donors (Lipinski definition) is 3. The van der Waals surface area contributed by atoms with Gasteiger partial charge in [-0.1, -0.05) is 0 Å². The number of aliphatic carboxylic acids is 1. The van der Waals surface area contributed by atoms with Crippen LogP contribution in [0.15, 0.2) is 0 Å². The lowest BCUT2D eigenvalue weighted by molar-refractivity contribution is -0.142. The minimum absolute atomic E-state index is 0.394. The summed E-state index contributed by atoms with van der Waals surface area (Å²) in [6.45, 7) is 2.77. The van der Waals surface area contributed by atoms with Crippen molar-refractivity contribution in [1.82, 2.24) is 5.32 Å². The Balaban J connectivity index is 4.12. The van der Waals surface area contributed by atoms with Gasteiger partial charge >= 0.3 is 5.97 Å². The fraction of sp³-hybridized carbons (Fsp3) is 0.667. The first-order chi connectivity index (χ1) is 4.95. The summed E-state index contributed by atoms with van der Waals surface area (Å²) in [4.78, 5) is 20.8. The standard InChI is InChI=1S/C6H12N2O3/c1-3(7)5(6(10)11)8-4(2)9/h3,5H,7H2,1-2H3,(H,8,9)(H,10,11)/t3-,5+/m1/s1. The van der Waals surface area contributed by atoms with Crippen molar-refractivity contribution in [3.05, 3.63) is 0 Å². The second-order valence-corrected chi connectivity index (χ2v) is 2.38. The maximum atomic E-state index is 10.4. The summed E-state index contributed by atoms with van der Waals surface area (Å²) >= 11 is 0. The Bertz CT molecular complexity index is 167. The molecule has 4 N–H and O–H groups in total. The molecule has 5 nitrogen and oxygen atoms in total. The van der Waals surface area contributed by atoms with Gasteiger partial charge in [0.25, 0.3) is 0 Å². The maximum Gasteiger partial charge on any atom is 0.327 e. The number of hydrogen-bond acceptors (Lipinski definition) is 3. The van der Waals surface area contributed by atoms with Crippen molar-refractivity contribution < 1.29 is 14.7 Å². The van der Waals surface area contributed by atoms with Gasteiger partial charge in [0, 0.05) is 13.0 Å². The molecule has 11 heavy (non-hydrogen) atoms. The topological polar surface area (TPSA) is 92.4 Å². The van der Waals surface area contributed by atoms with Crippen molar-refractivity contribution in [3.63, 3.8) is 0 Å². The van der Waals surface area contributed by atoms with E-state index in [0.717, 1.165) is 0 Å². The van der Waals surface area contributed by atoms with Crippen molar-refractivity contribution in [2.45, 2.75) is 25.9 Å². The summed E-state index contributed by atoms with van der Waals surface area (Å²) in [5.41, 5.74) is 5.29. The number of carbonyl (C=O) groups is 2. The van der Waals surface area contributed by atoms with Crippen molar-refractivity contribution >= 4 is 11.9 Å². The molecule has 5 heteroatoms. The SMILES string of the molecule is CC(=O)N[C@H](C(=O)O)[C@@H](C)N. The van der Waals surface area contributed by atoms with E-state index in [2.05, 4.69) is 5.32 Å². The van der Waals surface area contributed by atoms with Gasteiger partial charge in [-0.2, -0.15) is 0 Å². The van der Waals surface area contributed by atoms with Crippen LogP contribution in [0.25, 0.3) is 0 Å². The molecule has 0 aromatic heterocycles. The second kappa shape index (κ2) is 3.92. The zero-order valence-electron chi connectivity index (χ0n) is 6.50. The minimum atomic E-state index is -1.12. The third-order valence-electron chi connectivity index (χ3n) is 1.15. The van der Waals surface area contributed by atoms with Crippen LogP contribution in [0.4, 0.5) is 0 Å². The Morgan fingerprint density at radius 2 is 2.00 bits per heavy atom. The minimum Gasteiger partial charge on any atom is -0.480 e. The fourth-order valence-electron chi connectivity index (χ4n) is 0.637. The van der Waals surface area contributed by atoms with E-state index in [-0.39, 0.29) is 0 Å². The highest BCUT2D eigenvalue weighted by molar-refractivity contribution is 5.82. The van der Waals surface area contributed by atoms with Crippen LogP contribution in [-0.2, 0) is 9.59 Å². The molecule has 0 spiro atoms. The fourth-order valence-corrected chi connectivity index (χ4v) is 0.637. The first-order valence-electron chi connectivity index (χ1n) is 3.20. The smallest absolute Gasteiger partial charge is 0.327 e. The number of carbonyl (C=O) groups excluding carboxylic acids is 1. The van der Waals surface area contributed by atoms with E-state index >= 15 is 0 Å². The van der Waals surface area contributed by atoms with E-state index in [1.54, 1.807) is 0 Å². The van der Waals surface area contributed by atoms with Gasteiger partial charge in [0.15, 0.2) is 0 Å². The summed E-state index contributed by atoms with van der Waals surface area (Å²) in [5, 5.41) is 10.7. The number of nitrogens with one attached hydrogen (secondary N) is 1. The Hall–Kier alpha value is -1.10. The van der Waals surface area contributed by atoms with Gasteiger partial charge < -0.3 is 16.2 Å². The average Bonchev–Trinajstić information content (AvgIpc) is 1.81. The summed E-state index contributed by atoms with van der Waals surface area (Å²) in [5.74, 6) is -1.51. The normalized spacial score (nSPS) is 15.2. The highest BCUT2D eigenvalue weighted by atomic mass is 16.4. The molecule has 0 rings (SSSR count). The Labute approximate surface area is 64.6 Å². The van der Waals surface area contributed by atoms with E-state index in [9.17, 15) is 9.59 Å². The molecule has 0 aliphatic carbocycles. The van der Waals surface area contributed by atoms with E-state index in [4.69, 9.17) is 10.8 Å². The summed E-state index contributed by atoms with van der Waals surface area (Å²) in [7, 11) is 0. The van der Waals surface area contributed by atoms with Crippen molar-refractivity contribution in [1.29, 1.82) is 0 Å². The molecule has 0 aromatic carbocycles. The maximum absolute atomic E-state index is 10.4. The molecule has 1 amide bonds. The zero-order valence-corrected chi connectivity index (χ0v) is 6.50. The lowest BCUT2D eigenvalue weighted by atomic mass is 10.1. The van der Waals surface area contributed by atoms with E-state index < -0.39 is 24.0 Å². The lowest BCUT2D eigenvalue weighted by Crippen LogP contribution is -2.50. The van der Waals surface area contributed by atoms with Crippen molar-refractivity contribution in [3.8, 4) is 0 Å². The van der Waals surface area contributed by atoms with Crippen LogP contribution in [0, 0.1) is 0 Å². The van der Waals surface area contributed by atoms with E-state index in [0.29, 0.717) is 0 Å². The van der Waals surface area contributed by atoms with Crippen molar-refractivity contribution in [2.24, 2.45) is 5.73 Å². The van der Waals surface area contributed by atoms with Gasteiger partial charge in [0.1, 0.15) is 6.04 Å². The number of amides is 1. The Kier molecular flexibility index (Phi) is 3.53. The zero-order chi connectivity index (χ0) is 9.02. The average molecular weight is 160 g/mol. The summed E-state index contributed by atoms with van der Waals surface area (Å²) in [6.07, 6.45) is 0. The van der Waals surface area contributed by atoms with E-state index in [1.165, 1.54) is 13.8 Å². The molecule has 0 aliphatic heterocycles. The van der Waals surface area contributed by atoms with Crippen LogP contribution in [-0.4, -0.2) is 29.1 Å². The summed E-state index contributed by atoms with van der Waals surface area (Å²) in [6, 6.07) is -1.58. The largest absolute Gasteiger partial charge is 0.480 e. The highest BCUT2D eigenvalue weighted by Crippen LogP contribution is 1.89. The van der Waals surface area contributed by atoms with Crippen LogP contribution < -0.4 is 11.1 Å². The Morgan fingerprint density at radius 3 is 2.09 bits per heavy atom. The molecule has 0 saturated heterocycles. The molecule has 2 atom stereocenters. The van der Waals surface area contributed by atoms with Crippen LogP contribution >= 0.6 is 0 Å². The van der Waals surface area contributed by atoms with Gasteiger partial charge in [-0.3, -0.25) is 4.79 Å². The predicted octanol–water partition coefficient (Wildman–Crippen LogP) is -1.08. The molecule has 0 unspecified atom stereocenters. The van der Waals surface area contributed by atoms with Crippen LogP contribution in [0.1, 0.15) is 13.8 Å². The first-order valence-corrected chi connectivity index (χ1v) is 3.20. The molecule has 0 heterocycles. The van der Waals surface area contributed by atoms with E-state index in [1.807, 2.05) is 0 Å². The lowest BCUT2D eigenvalue weighted by Gasteiger charge is -2.16. The molecule has 0 bridgehead atoms. The second-order valence-electron chi connectivity index (χ2n) is 2.38. The summed E-state index contributed by atoms with van der Waals surface area (Å²) < 4.78 is 0. The van der Waals surface area contributed by atoms with Gasteiger partial charge in [-0.05, 0) is 6.92 Å². The molecule has 0 aromatic rings. The van der Waals surface area contributed by atoms with Gasteiger partial charge in [-0.25, -0.2) is 4.79 Å². The monoisotopic (exact) mass is 160 g/mol. The highest BCUT2D eigenvalue weighted by Gasteiger charge is 2.21. The molecule has 0 fully saturated rings. The van der Waals surface area contributed by atoms with Crippen molar-refractivity contribution in [2.75, 3.05) is 0 Å². The van der Waals surface area contributed by atoms with Gasteiger partial charge in [-0.15, -0.1) is 0 Å². The van der Waals surface area contributed by atoms with Gasteiger partial charge in [0.05, 0.1) is 0 Å². The third-order valence-corrected chi connectivity index (χ3v) is 1.15. The van der Waals surface area contributed by atoms with Gasteiger partial charge in [0.2, 0.25) is 5.91 Å². The number of nitrogens with two attached hydrogens (primary N) is 1. The van der Waals surface area contributed by atoms with Crippen LogP contribution in [0.3, 0.4) is 0 Å². The molecular weight excluding hydrogens is 148 g/mol. The molecular formula is C6H12N2O3. The molecule has 0 radical (unpaired) electrons. The molecule has 0 aliphatic rings. The molecule has 64 valence electrons. The molecule has 0 saturated carbocycles. The number of carboxylic acids is 1. The quantitative estimate of drug-likeness (QED) is 0.489. The van der Waals surface area contributed by atoms with Crippen LogP contribution in [0.5, 0.6) is 0 Å². The Morgan fingerprint density at radius 1 is 1.55 bits per heavy atom. The number of rotatable bonds is 3. The van der Waals surface area contributed by atoms with Crippen LogP contribution in [0.2, 0.25) is 0 Å². The third kappa shape index (κ3) is 3.57. The first kappa shape index (κ1) is 9.90. The predicted molar refractivity (Wildman–Crippen MR) is 38.9 cm³/mol.